The third kappa shape index (κ3) is 2.54. The van der Waals surface area contributed by atoms with Crippen LogP contribution in [0.2, 0.25) is 0 Å². The van der Waals surface area contributed by atoms with Crippen LogP contribution in [0.3, 0.4) is 0 Å². The number of aliphatic hydroxyl groups is 1. The molecule has 0 bridgehead atoms. The van der Waals surface area contributed by atoms with Gasteiger partial charge >= 0.3 is 0 Å². The average molecular weight is 183 g/mol. The summed E-state index contributed by atoms with van der Waals surface area (Å²) in [6.45, 7) is 6.15. The molecule has 3 N–H and O–H groups in total. The molecule has 0 fully saturated rings. The monoisotopic (exact) mass is 183 g/mol. The lowest BCUT2D eigenvalue weighted by Gasteiger charge is -2.17. The topological polar surface area (TPSA) is 60.9 Å². The third-order valence-corrected chi connectivity index (χ3v) is 2.14. The number of rotatable bonds is 4. The maximum absolute atomic E-state index is 8.86. The summed E-state index contributed by atoms with van der Waals surface area (Å²) >= 11 is 0. The lowest BCUT2D eigenvalue weighted by Crippen LogP contribution is -2.31. The molecule has 2 unspecified atom stereocenters. The molecule has 0 aliphatic carbocycles. The summed E-state index contributed by atoms with van der Waals surface area (Å²) in [6, 6.07) is 0.338. The summed E-state index contributed by atoms with van der Waals surface area (Å²) in [5, 5.41) is 19.0. The van der Waals surface area contributed by atoms with Gasteiger partial charge in [-0.1, -0.05) is 0 Å². The van der Waals surface area contributed by atoms with Crippen molar-refractivity contribution in [2.24, 2.45) is 0 Å². The molecule has 0 aromatic carbocycles. The Morgan fingerprint density at radius 2 is 2.31 bits per heavy atom. The van der Waals surface area contributed by atoms with Crippen LogP contribution in [0.25, 0.3) is 0 Å². The van der Waals surface area contributed by atoms with Crippen LogP contribution in [-0.4, -0.2) is 28.0 Å². The van der Waals surface area contributed by atoms with Crippen molar-refractivity contribution in [3.8, 4) is 0 Å². The van der Waals surface area contributed by atoms with Gasteiger partial charge in [0.25, 0.3) is 0 Å². The van der Waals surface area contributed by atoms with Gasteiger partial charge in [-0.25, -0.2) is 0 Å². The molecule has 4 nitrogen and oxygen atoms in total. The lowest BCUT2D eigenvalue weighted by molar-refractivity contribution is 0.243. The summed E-state index contributed by atoms with van der Waals surface area (Å²) in [5.74, 6) is 0. The van der Waals surface area contributed by atoms with E-state index in [0.29, 0.717) is 0 Å². The van der Waals surface area contributed by atoms with Crippen molar-refractivity contribution in [3.05, 3.63) is 17.5 Å². The Kier molecular flexibility index (Phi) is 3.45. The first-order chi connectivity index (χ1) is 6.15. The lowest BCUT2D eigenvalue weighted by atomic mass is 10.1. The van der Waals surface area contributed by atoms with E-state index < -0.39 is 0 Å². The first-order valence-corrected chi connectivity index (χ1v) is 4.52. The van der Waals surface area contributed by atoms with Crippen LogP contribution in [0.1, 0.15) is 31.1 Å². The average Bonchev–Trinajstić information content (AvgIpc) is 2.51. The van der Waals surface area contributed by atoms with Gasteiger partial charge < -0.3 is 10.4 Å². The fourth-order valence-corrected chi connectivity index (χ4v) is 1.37. The smallest absolute Gasteiger partial charge is 0.0582 e. The molecule has 1 aromatic rings. The van der Waals surface area contributed by atoms with E-state index in [2.05, 4.69) is 22.4 Å². The highest BCUT2D eigenvalue weighted by Crippen LogP contribution is 2.14. The van der Waals surface area contributed by atoms with E-state index in [0.717, 1.165) is 11.3 Å². The zero-order chi connectivity index (χ0) is 9.84. The highest BCUT2D eigenvalue weighted by molar-refractivity contribution is 5.18. The minimum atomic E-state index is 0.115. The highest BCUT2D eigenvalue weighted by Gasteiger charge is 2.11. The normalized spacial score (nSPS) is 15.7. The largest absolute Gasteiger partial charge is 0.395 e. The van der Waals surface area contributed by atoms with Crippen molar-refractivity contribution in [1.29, 1.82) is 0 Å². The summed E-state index contributed by atoms with van der Waals surface area (Å²) in [4.78, 5) is 0. The Hall–Kier alpha value is -0.870. The predicted octanol–water partition coefficient (Wildman–Crippen LogP) is 0.750. The molecule has 1 heterocycles. The van der Waals surface area contributed by atoms with Gasteiger partial charge in [0.15, 0.2) is 0 Å². The first kappa shape index (κ1) is 10.2. The van der Waals surface area contributed by atoms with Crippen molar-refractivity contribution < 1.29 is 5.11 Å². The Balaban J connectivity index is 2.58. The Morgan fingerprint density at radius 3 is 2.77 bits per heavy atom. The molecule has 0 aliphatic heterocycles. The van der Waals surface area contributed by atoms with Gasteiger partial charge in [0.2, 0.25) is 0 Å². The molecule has 0 spiro atoms. The fraction of sp³-hybridized carbons (Fsp3) is 0.667. The molecular formula is C9H17N3O. The van der Waals surface area contributed by atoms with E-state index in [4.69, 9.17) is 5.11 Å². The van der Waals surface area contributed by atoms with Crippen LogP contribution in [0.5, 0.6) is 0 Å². The van der Waals surface area contributed by atoms with Crippen LogP contribution >= 0.6 is 0 Å². The molecule has 0 radical (unpaired) electrons. The fourth-order valence-electron chi connectivity index (χ4n) is 1.37. The molecule has 4 heteroatoms. The third-order valence-electron chi connectivity index (χ3n) is 2.14. The van der Waals surface area contributed by atoms with Gasteiger partial charge in [0.1, 0.15) is 0 Å². The number of aryl methyl sites for hydroxylation is 1. The van der Waals surface area contributed by atoms with E-state index in [-0.39, 0.29) is 18.7 Å². The molecule has 0 aliphatic rings. The molecule has 2 atom stereocenters. The maximum Gasteiger partial charge on any atom is 0.0582 e. The second-order valence-corrected chi connectivity index (χ2v) is 3.42. The minimum Gasteiger partial charge on any atom is -0.395 e. The predicted molar refractivity (Wildman–Crippen MR) is 51.4 cm³/mol. The molecule has 13 heavy (non-hydrogen) atoms. The number of hydrogen-bond acceptors (Lipinski definition) is 3. The Morgan fingerprint density at radius 1 is 1.62 bits per heavy atom. The van der Waals surface area contributed by atoms with Gasteiger partial charge in [0.05, 0.1) is 12.8 Å². The highest BCUT2D eigenvalue weighted by atomic mass is 16.3. The van der Waals surface area contributed by atoms with Gasteiger partial charge in [-0.05, 0) is 20.8 Å². The molecule has 1 rings (SSSR count). The van der Waals surface area contributed by atoms with Crippen LogP contribution in [0, 0.1) is 6.92 Å². The minimum absolute atomic E-state index is 0.115. The standard InChI is InChI=1S/C9H17N3O/c1-6(5-13)11-7(2)9-4-10-12-8(9)3/h4,6-7,11,13H,5H2,1-3H3,(H,10,12). The molecule has 1 aromatic heterocycles. The summed E-state index contributed by atoms with van der Waals surface area (Å²) in [7, 11) is 0. The van der Waals surface area contributed by atoms with E-state index in [1.807, 2.05) is 20.0 Å². The second-order valence-electron chi connectivity index (χ2n) is 3.42. The first-order valence-electron chi connectivity index (χ1n) is 4.52. The molecular weight excluding hydrogens is 166 g/mol. The number of nitrogens with zero attached hydrogens (tertiary/aromatic N) is 1. The SMILES string of the molecule is Cc1[nH]ncc1C(C)NC(C)CO. The maximum atomic E-state index is 8.86. The van der Waals surface area contributed by atoms with Gasteiger partial charge in [-0.3, -0.25) is 5.10 Å². The van der Waals surface area contributed by atoms with Crippen molar-refractivity contribution in [2.75, 3.05) is 6.61 Å². The van der Waals surface area contributed by atoms with Crippen molar-refractivity contribution in [2.45, 2.75) is 32.9 Å². The van der Waals surface area contributed by atoms with Crippen LogP contribution in [0.15, 0.2) is 6.20 Å². The second kappa shape index (κ2) is 4.39. The number of hydrogen-bond donors (Lipinski definition) is 3. The molecule has 0 saturated carbocycles. The number of H-pyrrole nitrogens is 1. The Bertz CT molecular complexity index is 259. The van der Waals surface area contributed by atoms with Gasteiger partial charge in [-0.2, -0.15) is 5.10 Å². The zero-order valence-electron chi connectivity index (χ0n) is 8.33. The summed E-state index contributed by atoms with van der Waals surface area (Å²) < 4.78 is 0. The summed E-state index contributed by atoms with van der Waals surface area (Å²) in [5.41, 5.74) is 2.23. The molecule has 74 valence electrons. The number of nitrogens with one attached hydrogen (secondary N) is 2. The van der Waals surface area contributed by atoms with Gasteiger partial charge in [0, 0.05) is 23.3 Å². The molecule has 0 amide bonds. The van der Waals surface area contributed by atoms with Crippen molar-refractivity contribution in [3.63, 3.8) is 0 Å². The van der Waals surface area contributed by atoms with Crippen LogP contribution < -0.4 is 5.32 Å². The van der Waals surface area contributed by atoms with E-state index in [9.17, 15) is 0 Å². The number of aliphatic hydroxyl groups excluding tert-OH is 1. The Labute approximate surface area is 78.4 Å². The van der Waals surface area contributed by atoms with E-state index >= 15 is 0 Å². The molecule has 0 saturated heterocycles. The number of aromatic amines is 1. The van der Waals surface area contributed by atoms with E-state index in [1.165, 1.54) is 0 Å². The van der Waals surface area contributed by atoms with Crippen molar-refractivity contribution >= 4 is 0 Å². The van der Waals surface area contributed by atoms with Gasteiger partial charge in [-0.15, -0.1) is 0 Å². The number of aromatic nitrogens is 2. The zero-order valence-corrected chi connectivity index (χ0v) is 8.33. The van der Waals surface area contributed by atoms with Crippen LogP contribution in [-0.2, 0) is 0 Å². The quantitative estimate of drug-likeness (QED) is 0.645. The van der Waals surface area contributed by atoms with Crippen molar-refractivity contribution in [1.82, 2.24) is 15.5 Å². The van der Waals surface area contributed by atoms with E-state index in [1.54, 1.807) is 0 Å². The summed E-state index contributed by atoms with van der Waals surface area (Å²) in [6.07, 6.45) is 1.82. The van der Waals surface area contributed by atoms with Crippen LogP contribution in [0.4, 0.5) is 0 Å².